The number of aromatic carboxylic acids is 1. The highest BCUT2D eigenvalue weighted by Crippen LogP contribution is 2.36. The van der Waals surface area contributed by atoms with E-state index in [0.29, 0.717) is 17.1 Å². The topological polar surface area (TPSA) is 79.1 Å². The molecular formula is C20H21ClN2O2. The molecule has 130 valence electrons. The first kappa shape index (κ1) is 17.5. The van der Waals surface area contributed by atoms with Gasteiger partial charge in [-0.15, -0.1) is 0 Å². The van der Waals surface area contributed by atoms with Crippen molar-refractivity contribution in [3.8, 4) is 11.3 Å². The van der Waals surface area contributed by atoms with Crippen molar-refractivity contribution >= 4 is 28.5 Å². The SMILES string of the molecule is Cc1ccc(C(=O)O)c2c(CCCCN)c(-c3cccc(Cl)c3)[nH]c12. The van der Waals surface area contributed by atoms with E-state index in [-0.39, 0.29) is 0 Å². The highest BCUT2D eigenvalue weighted by molar-refractivity contribution is 6.30. The summed E-state index contributed by atoms with van der Waals surface area (Å²) in [5.41, 5.74) is 10.8. The van der Waals surface area contributed by atoms with Crippen LogP contribution in [0.25, 0.3) is 22.2 Å². The van der Waals surface area contributed by atoms with Crippen LogP contribution in [-0.2, 0) is 6.42 Å². The number of unbranched alkanes of at least 4 members (excludes halogenated alkanes) is 1. The number of aryl methyl sites for hydroxylation is 2. The number of fused-ring (bicyclic) bond motifs is 1. The molecule has 1 heterocycles. The Labute approximate surface area is 151 Å². The van der Waals surface area contributed by atoms with Crippen LogP contribution in [0.4, 0.5) is 0 Å². The number of rotatable bonds is 6. The van der Waals surface area contributed by atoms with Gasteiger partial charge in [-0.3, -0.25) is 0 Å². The average molecular weight is 357 g/mol. The summed E-state index contributed by atoms with van der Waals surface area (Å²) in [5.74, 6) is -0.915. The molecule has 4 nitrogen and oxygen atoms in total. The largest absolute Gasteiger partial charge is 0.478 e. The molecule has 0 aliphatic rings. The minimum atomic E-state index is -0.915. The van der Waals surface area contributed by atoms with E-state index in [0.717, 1.165) is 52.5 Å². The second kappa shape index (κ2) is 7.30. The number of benzene rings is 2. The zero-order valence-corrected chi connectivity index (χ0v) is 14.9. The highest BCUT2D eigenvalue weighted by atomic mass is 35.5. The third-order valence-electron chi connectivity index (χ3n) is 4.49. The molecule has 0 aliphatic heterocycles. The number of halogens is 1. The zero-order chi connectivity index (χ0) is 18.0. The van der Waals surface area contributed by atoms with Crippen molar-refractivity contribution in [2.45, 2.75) is 26.2 Å². The van der Waals surface area contributed by atoms with Crippen molar-refractivity contribution in [2.75, 3.05) is 6.54 Å². The van der Waals surface area contributed by atoms with E-state index in [1.807, 2.05) is 37.3 Å². The molecular weight excluding hydrogens is 336 g/mol. The molecule has 0 saturated heterocycles. The summed E-state index contributed by atoms with van der Waals surface area (Å²) in [6.45, 7) is 2.61. The maximum Gasteiger partial charge on any atom is 0.336 e. The molecule has 3 aromatic rings. The molecule has 0 spiro atoms. The van der Waals surface area contributed by atoms with E-state index in [1.54, 1.807) is 6.07 Å². The Hall–Kier alpha value is -2.30. The Balaban J connectivity index is 2.28. The number of nitrogens with one attached hydrogen (secondary N) is 1. The first-order valence-electron chi connectivity index (χ1n) is 8.36. The zero-order valence-electron chi connectivity index (χ0n) is 14.1. The summed E-state index contributed by atoms with van der Waals surface area (Å²) >= 11 is 6.16. The van der Waals surface area contributed by atoms with Gasteiger partial charge >= 0.3 is 5.97 Å². The van der Waals surface area contributed by atoms with Gasteiger partial charge in [0.15, 0.2) is 0 Å². The second-order valence-electron chi connectivity index (χ2n) is 6.22. The summed E-state index contributed by atoms with van der Waals surface area (Å²) in [5, 5.41) is 11.1. The van der Waals surface area contributed by atoms with Crippen LogP contribution >= 0.6 is 11.6 Å². The Morgan fingerprint density at radius 3 is 2.72 bits per heavy atom. The predicted molar refractivity (Wildman–Crippen MR) is 102 cm³/mol. The minimum absolute atomic E-state index is 0.327. The molecule has 25 heavy (non-hydrogen) atoms. The fourth-order valence-corrected chi connectivity index (χ4v) is 3.46. The summed E-state index contributed by atoms with van der Waals surface area (Å²) in [4.78, 5) is 15.2. The van der Waals surface area contributed by atoms with Crippen LogP contribution in [-0.4, -0.2) is 22.6 Å². The molecule has 3 rings (SSSR count). The summed E-state index contributed by atoms with van der Waals surface area (Å²) < 4.78 is 0. The number of hydrogen-bond acceptors (Lipinski definition) is 2. The van der Waals surface area contributed by atoms with Gasteiger partial charge in [0.2, 0.25) is 0 Å². The van der Waals surface area contributed by atoms with E-state index >= 15 is 0 Å². The lowest BCUT2D eigenvalue weighted by atomic mass is 9.96. The molecule has 0 saturated carbocycles. The lowest BCUT2D eigenvalue weighted by molar-refractivity contribution is 0.0699. The van der Waals surface area contributed by atoms with Crippen LogP contribution in [0, 0.1) is 6.92 Å². The Bertz CT molecular complexity index is 931. The molecule has 0 bridgehead atoms. The van der Waals surface area contributed by atoms with Crippen LogP contribution < -0.4 is 5.73 Å². The average Bonchev–Trinajstić information content (AvgIpc) is 2.96. The van der Waals surface area contributed by atoms with Crippen LogP contribution in [0.2, 0.25) is 5.02 Å². The second-order valence-corrected chi connectivity index (χ2v) is 6.66. The number of nitrogens with two attached hydrogens (primary N) is 1. The monoisotopic (exact) mass is 356 g/mol. The Morgan fingerprint density at radius 2 is 2.04 bits per heavy atom. The number of aromatic nitrogens is 1. The number of carbonyl (C=O) groups is 1. The molecule has 2 aromatic carbocycles. The smallest absolute Gasteiger partial charge is 0.336 e. The fraction of sp³-hybridized carbons (Fsp3) is 0.250. The number of carboxylic acid groups (broad SMARTS) is 1. The van der Waals surface area contributed by atoms with Gasteiger partial charge in [-0.05, 0) is 67.6 Å². The van der Waals surface area contributed by atoms with Crippen LogP contribution in [0.3, 0.4) is 0 Å². The maximum absolute atomic E-state index is 11.8. The lowest BCUT2D eigenvalue weighted by Crippen LogP contribution is -2.01. The normalized spacial score (nSPS) is 11.2. The first-order valence-corrected chi connectivity index (χ1v) is 8.74. The van der Waals surface area contributed by atoms with Gasteiger partial charge in [-0.25, -0.2) is 4.79 Å². The van der Waals surface area contributed by atoms with Gasteiger partial charge < -0.3 is 15.8 Å². The van der Waals surface area contributed by atoms with E-state index in [4.69, 9.17) is 17.3 Å². The molecule has 0 unspecified atom stereocenters. The number of carboxylic acids is 1. The molecule has 4 N–H and O–H groups in total. The summed E-state index contributed by atoms with van der Waals surface area (Å²) in [7, 11) is 0. The van der Waals surface area contributed by atoms with Gasteiger partial charge in [-0.1, -0.05) is 29.8 Å². The van der Waals surface area contributed by atoms with Crippen molar-refractivity contribution in [1.29, 1.82) is 0 Å². The maximum atomic E-state index is 11.8. The van der Waals surface area contributed by atoms with E-state index < -0.39 is 5.97 Å². The molecule has 0 fully saturated rings. The van der Waals surface area contributed by atoms with Gasteiger partial charge in [-0.2, -0.15) is 0 Å². The Kier molecular flexibility index (Phi) is 5.11. The van der Waals surface area contributed by atoms with Crippen LogP contribution in [0.15, 0.2) is 36.4 Å². The van der Waals surface area contributed by atoms with Crippen molar-refractivity contribution in [2.24, 2.45) is 5.73 Å². The van der Waals surface area contributed by atoms with Gasteiger partial charge in [0, 0.05) is 21.6 Å². The van der Waals surface area contributed by atoms with E-state index in [1.165, 1.54) is 0 Å². The predicted octanol–water partition coefficient (Wildman–Crippen LogP) is 4.78. The molecule has 0 radical (unpaired) electrons. The lowest BCUT2D eigenvalue weighted by Gasteiger charge is -2.07. The molecule has 1 aromatic heterocycles. The third-order valence-corrected chi connectivity index (χ3v) is 4.73. The molecule has 0 atom stereocenters. The summed E-state index contributed by atoms with van der Waals surface area (Å²) in [6, 6.07) is 11.1. The standard InChI is InChI=1S/C20H21ClN2O2/c1-12-8-9-16(20(24)25)17-15(7-2-3-10-22)19(23-18(12)17)13-5-4-6-14(21)11-13/h4-6,8-9,11,23H,2-3,7,10,22H2,1H3,(H,24,25). The highest BCUT2D eigenvalue weighted by Gasteiger charge is 2.20. The Morgan fingerprint density at radius 1 is 1.24 bits per heavy atom. The molecule has 0 amide bonds. The van der Waals surface area contributed by atoms with Gasteiger partial charge in [0.05, 0.1) is 5.56 Å². The van der Waals surface area contributed by atoms with E-state index in [9.17, 15) is 9.90 Å². The number of hydrogen-bond donors (Lipinski definition) is 3. The molecule has 0 aliphatic carbocycles. The van der Waals surface area contributed by atoms with Gasteiger partial charge in [0.25, 0.3) is 0 Å². The van der Waals surface area contributed by atoms with Crippen molar-refractivity contribution in [3.63, 3.8) is 0 Å². The fourth-order valence-electron chi connectivity index (χ4n) is 3.27. The van der Waals surface area contributed by atoms with Crippen molar-refractivity contribution in [1.82, 2.24) is 4.98 Å². The van der Waals surface area contributed by atoms with Gasteiger partial charge in [0.1, 0.15) is 0 Å². The first-order chi connectivity index (χ1) is 12.0. The van der Waals surface area contributed by atoms with Crippen LogP contribution in [0.1, 0.15) is 34.3 Å². The quantitative estimate of drug-likeness (QED) is 0.556. The van der Waals surface area contributed by atoms with Crippen LogP contribution in [0.5, 0.6) is 0 Å². The van der Waals surface area contributed by atoms with Crippen molar-refractivity contribution < 1.29 is 9.90 Å². The third kappa shape index (κ3) is 3.41. The summed E-state index contributed by atoms with van der Waals surface area (Å²) in [6.07, 6.45) is 2.57. The molecule has 5 heteroatoms. The minimum Gasteiger partial charge on any atom is -0.478 e. The number of H-pyrrole nitrogens is 1. The van der Waals surface area contributed by atoms with E-state index in [2.05, 4.69) is 4.98 Å². The number of aromatic amines is 1. The van der Waals surface area contributed by atoms with Crippen molar-refractivity contribution in [3.05, 3.63) is 58.1 Å².